The Bertz CT molecular complexity index is 473. The zero-order chi connectivity index (χ0) is 14.6. The molecule has 1 aromatic carbocycles. The van der Waals surface area contributed by atoms with Gasteiger partial charge in [0.2, 0.25) is 0 Å². The van der Waals surface area contributed by atoms with Gasteiger partial charge in [0.1, 0.15) is 5.82 Å². The smallest absolute Gasteiger partial charge is 0.401 e. The molecular weight excluding hydrogens is 266 g/mol. The molecule has 0 aliphatic heterocycles. The number of alkyl halides is 3. The summed E-state index contributed by atoms with van der Waals surface area (Å²) in [6.45, 7) is -1.39. The molecule has 106 valence electrons. The fourth-order valence-corrected chi connectivity index (χ4v) is 1.61. The fourth-order valence-electron chi connectivity index (χ4n) is 1.61. The largest absolute Gasteiger partial charge is 0.409 e. The molecule has 0 bridgehead atoms. The molecule has 3 N–H and O–H groups in total. The Hall–Kier alpha value is -1.83. The minimum absolute atomic E-state index is 0.0378. The molecule has 0 heterocycles. The maximum atomic E-state index is 13.9. The molecule has 0 fully saturated rings. The second-order valence-corrected chi connectivity index (χ2v) is 4.05. The first kappa shape index (κ1) is 15.2. The molecular formula is C11H13F4N3O. The highest BCUT2D eigenvalue weighted by atomic mass is 19.4. The van der Waals surface area contributed by atoms with Crippen LogP contribution in [0.1, 0.15) is 11.1 Å². The lowest BCUT2D eigenvalue weighted by Gasteiger charge is -2.19. The maximum absolute atomic E-state index is 13.9. The van der Waals surface area contributed by atoms with Crippen LogP contribution in [0.15, 0.2) is 23.4 Å². The summed E-state index contributed by atoms with van der Waals surface area (Å²) in [4.78, 5) is 0.925. The molecule has 0 unspecified atom stereocenters. The van der Waals surface area contributed by atoms with Gasteiger partial charge in [-0.2, -0.15) is 13.2 Å². The summed E-state index contributed by atoms with van der Waals surface area (Å²) in [6.07, 6.45) is -4.35. The van der Waals surface area contributed by atoms with Gasteiger partial charge >= 0.3 is 6.18 Å². The van der Waals surface area contributed by atoms with E-state index in [1.54, 1.807) is 0 Å². The molecule has 0 saturated carbocycles. The number of halogens is 4. The van der Waals surface area contributed by atoms with Crippen LogP contribution in [0.4, 0.5) is 17.6 Å². The number of nitrogens with two attached hydrogens (primary N) is 1. The van der Waals surface area contributed by atoms with E-state index >= 15 is 0 Å². The van der Waals surface area contributed by atoms with Crippen LogP contribution in [-0.2, 0) is 6.54 Å². The van der Waals surface area contributed by atoms with Gasteiger partial charge in [0, 0.05) is 12.1 Å². The predicted octanol–water partition coefficient (Wildman–Crippen LogP) is 1.91. The van der Waals surface area contributed by atoms with E-state index in [1.165, 1.54) is 25.2 Å². The van der Waals surface area contributed by atoms with Gasteiger partial charge in [0.15, 0.2) is 5.84 Å². The molecule has 8 heteroatoms. The van der Waals surface area contributed by atoms with Crippen molar-refractivity contribution in [2.24, 2.45) is 10.9 Å². The summed E-state index contributed by atoms with van der Waals surface area (Å²) in [5.41, 5.74) is 5.15. The summed E-state index contributed by atoms with van der Waals surface area (Å²) in [6, 6.07) is 4.04. The quantitative estimate of drug-likeness (QED) is 0.291. The van der Waals surface area contributed by atoms with Crippen molar-refractivity contribution in [1.29, 1.82) is 0 Å². The van der Waals surface area contributed by atoms with Crippen LogP contribution in [-0.4, -0.2) is 35.7 Å². The van der Waals surface area contributed by atoms with Crippen molar-refractivity contribution in [3.63, 3.8) is 0 Å². The summed E-state index contributed by atoms with van der Waals surface area (Å²) in [5, 5.41) is 11.1. The van der Waals surface area contributed by atoms with Gasteiger partial charge in [0.05, 0.1) is 12.1 Å². The van der Waals surface area contributed by atoms with Crippen LogP contribution in [0.25, 0.3) is 0 Å². The van der Waals surface area contributed by atoms with Crippen LogP contribution in [0.3, 0.4) is 0 Å². The first-order valence-corrected chi connectivity index (χ1v) is 5.25. The van der Waals surface area contributed by atoms with Gasteiger partial charge in [-0.1, -0.05) is 17.3 Å². The van der Waals surface area contributed by atoms with Gasteiger partial charge in [0.25, 0.3) is 0 Å². The minimum Gasteiger partial charge on any atom is -0.409 e. The molecule has 0 amide bonds. The van der Waals surface area contributed by atoms with Crippen LogP contribution in [0.5, 0.6) is 0 Å². The second kappa shape index (κ2) is 5.87. The summed E-state index contributed by atoms with van der Waals surface area (Å²) >= 11 is 0. The Balaban J connectivity index is 2.91. The highest BCUT2D eigenvalue weighted by Crippen LogP contribution is 2.19. The van der Waals surface area contributed by atoms with Crippen molar-refractivity contribution in [3.05, 3.63) is 35.1 Å². The van der Waals surface area contributed by atoms with E-state index < -0.39 is 24.4 Å². The van der Waals surface area contributed by atoms with Gasteiger partial charge in [-0.25, -0.2) is 4.39 Å². The second-order valence-electron chi connectivity index (χ2n) is 4.05. The van der Waals surface area contributed by atoms with Crippen LogP contribution in [0.2, 0.25) is 0 Å². The number of hydrogen-bond acceptors (Lipinski definition) is 3. The van der Waals surface area contributed by atoms with Crippen molar-refractivity contribution in [1.82, 2.24) is 4.90 Å². The molecule has 1 aromatic rings. The number of rotatable bonds is 4. The zero-order valence-electron chi connectivity index (χ0n) is 10.1. The van der Waals surface area contributed by atoms with Gasteiger partial charge in [-0.3, -0.25) is 4.90 Å². The summed E-state index contributed by atoms with van der Waals surface area (Å²) < 4.78 is 50.4. The first-order valence-electron chi connectivity index (χ1n) is 5.25. The highest BCUT2D eigenvalue weighted by molar-refractivity contribution is 5.97. The van der Waals surface area contributed by atoms with Crippen LogP contribution < -0.4 is 5.73 Å². The van der Waals surface area contributed by atoms with Crippen molar-refractivity contribution >= 4 is 5.84 Å². The topological polar surface area (TPSA) is 61.8 Å². The summed E-state index contributed by atoms with van der Waals surface area (Å²) in [5.74, 6) is -1.23. The Kier molecular flexibility index (Phi) is 4.71. The molecule has 0 atom stereocenters. The zero-order valence-corrected chi connectivity index (χ0v) is 10.1. The highest BCUT2D eigenvalue weighted by Gasteiger charge is 2.29. The Morgan fingerprint density at radius 3 is 2.58 bits per heavy atom. The van der Waals surface area contributed by atoms with Gasteiger partial charge in [-0.05, 0) is 13.1 Å². The third-order valence-electron chi connectivity index (χ3n) is 2.35. The first-order chi connectivity index (χ1) is 8.74. The van der Waals surface area contributed by atoms with Crippen LogP contribution >= 0.6 is 0 Å². The number of hydrogen-bond donors (Lipinski definition) is 2. The molecule has 0 aromatic heterocycles. The third kappa shape index (κ3) is 4.40. The molecule has 0 spiro atoms. The number of benzene rings is 1. The van der Waals surface area contributed by atoms with E-state index in [1.807, 2.05) is 0 Å². The molecule has 0 saturated heterocycles. The Labute approximate surface area is 107 Å². The van der Waals surface area contributed by atoms with Crippen LogP contribution in [0, 0.1) is 5.82 Å². The molecule has 19 heavy (non-hydrogen) atoms. The van der Waals surface area contributed by atoms with Crippen molar-refractivity contribution in [3.8, 4) is 0 Å². The van der Waals surface area contributed by atoms with E-state index in [0.717, 1.165) is 4.90 Å². The lowest BCUT2D eigenvalue weighted by molar-refractivity contribution is -0.144. The van der Waals surface area contributed by atoms with E-state index in [0.29, 0.717) is 0 Å². The van der Waals surface area contributed by atoms with Crippen molar-refractivity contribution < 1.29 is 22.8 Å². The lowest BCUT2D eigenvalue weighted by Crippen LogP contribution is -2.31. The number of oxime groups is 1. The number of nitrogens with zero attached hydrogens (tertiary/aromatic N) is 2. The molecule has 1 rings (SSSR count). The molecule has 0 aliphatic carbocycles. The Morgan fingerprint density at radius 1 is 1.42 bits per heavy atom. The standard InChI is InChI=1S/C11H13F4N3O/c1-18(6-11(13,14)15)5-7-3-2-4-8(9(7)12)10(16)17-19/h2-4,19H,5-6H2,1H3,(H2,16,17). The SMILES string of the molecule is CN(Cc1cccc(/C(N)=N/O)c1F)CC(F)(F)F. The predicted molar refractivity (Wildman–Crippen MR) is 61.3 cm³/mol. The van der Waals surface area contributed by atoms with E-state index in [-0.39, 0.29) is 17.7 Å². The van der Waals surface area contributed by atoms with E-state index in [2.05, 4.69) is 5.16 Å². The average Bonchev–Trinajstić information content (AvgIpc) is 2.28. The van der Waals surface area contributed by atoms with Gasteiger partial charge in [-0.15, -0.1) is 0 Å². The lowest BCUT2D eigenvalue weighted by atomic mass is 10.1. The van der Waals surface area contributed by atoms with Crippen molar-refractivity contribution in [2.45, 2.75) is 12.7 Å². The average molecular weight is 279 g/mol. The van der Waals surface area contributed by atoms with E-state index in [9.17, 15) is 17.6 Å². The fraction of sp³-hybridized carbons (Fsp3) is 0.364. The van der Waals surface area contributed by atoms with E-state index in [4.69, 9.17) is 10.9 Å². The molecule has 0 radical (unpaired) electrons. The Morgan fingerprint density at radius 2 is 2.05 bits per heavy atom. The maximum Gasteiger partial charge on any atom is 0.401 e. The third-order valence-corrected chi connectivity index (χ3v) is 2.35. The van der Waals surface area contributed by atoms with Gasteiger partial charge < -0.3 is 10.9 Å². The number of amidine groups is 1. The molecule has 0 aliphatic rings. The summed E-state index contributed by atoms with van der Waals surface area (Å²) in [7, 11) is 1.23. The monoisotopic (exact) mass is 279 g/mol. The van der Waals surface area contributed by atoms with Crippen molar-refractivity contribution in [2.75, 3.05) is 13.6 Å². The minimum atomic E-state index is -4.35. The molecule has 4 nitrogen and oxygen atoms in total. The normalized spacial score (nSPS) is 13.1.